The second-order valence-electron chi connectivity index (χ2n) is 5.41. The van der Waals surface area contributed by atoms with Crippen molar-refractivity contribution in [1.82, 2.24) is 4.90 Å². The standard InChI is InChI=1S/C15H18FNO3/c1-9-3-6-13(16)12(7-9)14(18)17(11-4-5-11)8-10(2)15(19)20/h3,6-7,10-11H,4-5,8H2,1-2H3,(H,19,20)/t10-/m0/s1. The Hall–Kier alpha value is -1.91. The predicted molar refractivity (Wildman–Crippen MR) is 72.0 cm³/mol. The third-order valence-corrected chi connectivity index (χ3v) is 3.49. The normalized spacial score (nSPS) is 15.8. The molecule has 1 atom stereocenters. The third-order valence-electron chi connectivity index (χ3n) is 3.49. The van der Waals surface area contributed by atoms with Crippen molar-refractivity contribution >= 4 is 11.9 Å². The van der Waals surface area contributed by atoms with Crippen LogP contribution in [0.5, 0.6) is 0 Å². The fourth-order valence-corrected chi connectivity index (χ4v) is 2.11. The number of amides is 1. The molecule has 5 heteroatoms. The van der Waals surface area contributed by atoms with Gasteiger partial charge in [0.05, 0.1) is 11.5 Å². The molecule has 20 heavy (non-hydrogen) atoms. The van der Waals surface area contributed by atoms with Crippen LogP contribution >= 0.6 is 0 Å². The van der Waals surface area contributed by atoms with Crippen LogP contribution in [-0.2, 0) is 4.79 Å². The lowest BCUT2D eigenvalue weighted by atomic mass is 10.1. The van der Waals surface area contributed by atoms with Crippen molar-refractivity contribution in [3.63, 3.8) is 0 Å². The summed E-state index contributed by atoms with van der Waals surface area (Å²) in [5.41, 5.74) is 0.825. The van der Waals surface area contributed by atoms with E-state index in [-0.39, 0.29) is 18.2 Å². The van der Waals surface area contributed by atoms with Crippen LogP contribution in [0.3, 0.4) is 0 Å². The van der Waals surface area contributed by atoms with Crippen molar-refractivity contribution in [2.45, 2.75) is 32.7 Å². The van der Waals surface area contributed by atoms with Crippen LogP contribution in [0.2, 0.25) is 0 Å². The molecule has 1 N–H and O–H groups in total. The summed E-state index contributed by atoms with van der Waals surface area (Å²) < 4.78 is 13.8. The Kier molecular flexibility index (Phi) is 4.06. The monoisotopic (exact) mass is 279 g/mol. The summed E-state index contributed by atoms with van der Waals surface area (Å²) in [7, 11) is 0. The van der Waals surface area contributed by atoms with E-state index >= 15 is 0 Å². The maximum absolute atomic E-state index is 13.8. The van der Waals surface area contributed by atoms with Gasteiger partial charge in [-0.3, -0.25) is 9.59 Å². The molecule has 1 fully saturated rings. The highest BCUT2D eigenvalue weighted by molar-refractivity contribution is 5.95. The van der Waals surface area contributed by atoms with Gasteiger partial charge >= 0.3 is 5.97 Å². The van der Waals surface area contributed by atoms with Gasteiger partial charge in [0, 0.05) is 12.6 Å². The number of carboxylic acids is 1. The predicted octanol–water partition coefficient (Wildman–Crippen LogP) is 2.46. The number of carbonyl (C=O) groups excluding carboxylic acids is 1. The van der Waals surface area contributed by atoms with Gasteiger partial charge in [-0.2, -0.15) is 0 Å². The molecule has 0 aromatic heterocycles. The summed E-state index contributed by atoms with van der Waals surface area (Å²) in [6.07, 6.45) is 1.71. The van der Waals surface area contributed by atoms with Crippen molar-refractivity contribution < 1.29 is 19.1 Å². The highest BCUT2D eigenvalue weighted by Gasteiger charge is 2.35. The third kappa shape index (κ3) is 3.15. The number of halogens is 1. The molecule has 0 spiro atoms. The van der Waals surface area contributed by atoms with E-state index in [1.807, 2.05) is 0 Å². The maximum Gasteiger partial charge on any atom is 0.308 e. The Labute approximate surface area is 117 Å². The van der Waals surface area contributed by atoms with E-state index < -0.39 is 23.6 Å². The summed E-state index contributed by atoms with van der Waals surface area (Å²) in [4.78, 5) is 24.9. The highest BCUT2D eigenvalue weighted by atomic mass is 19.1. The van der Waals surface area contributed by atoms with Gasteiger partial charge in [0.15, 0.2) is 0 Å². The Morgan fingerprint density at radius 1 is 1.45 bits per heavy atom. The number of carboxylic acid groups (broad SMARTS) is 1. The quantitative estimate of drug-likeness (QED) is 0.900. The lowest BCUT2D eigenvalue weighted by Gasteiger charge is -2.24. The molecule has 108 valence electrons. The number of hydrogen-bond donors (Lipinski definition) is 1. The molecule has 0 saturated heterocycles. The van der Waals surface area contributed by atoms with Crippen LogP contribution in [-0.4, -0.2) is 34.5 Å². The summed E-state index contributed by atoms with van der Waals surface area (Å²) in [6.45, 7) is 3.46. The Bertz CT molecular complexity index is 540. The van der Waals surface area contributed by atoms with E-state index in [1.165, 1.54) is 17.0 Å². The van der Waals surface area contributed by atoms with Gasteiger partial charge in [0.25, 0.3) is 5.91 Å². The molecular weight excluding hydrogens is 261 g/mol. The zero-order valence-electron chi connectivity index (χ0n) is 11.6. The number of aryl methyl sites for hydroxylation is 1. The second kappa shape index (κ2) is 5.61. The van der Waals surface area contributed by atoms with Crippen molar-refractivity contribution in [2.75, 3.05) is 6.54 Å². The molecule has 1 aromatic carbocycles. The Balaban J connectivity index is 2.23. The second-order valence-corrected chi connectivity index (χ2v) is 5.41. The molecule has 1 saturated carbocycles. The lowest BCUT2D eigenvalue weighted by molar-refractivity contribution is -0.141. The average Bonchev–Trinajstić information content (AvgIpc) is 3.22. The van der Waals surface area contributed by atoms with Crippen LogP contribution in [0.25, 0.3) is 0 Å². The zero-order valence-corrected chi connectivity index (χ0v) is 11.6. The topological polar surface area (TPSA) is 57.6 Å². The summed E-state index contributed by atoms with van der Waals surface area (Å²) in [5.74, 6) is -2.59. The van der Waals surface area contributed by atoms with Gasteiger partial charge < -0.3 is 10.0 Å². The van der Waals surface area contributed by atoms with Gasteiger partial charge in [-0.25, -0.2) is 4.39 Å². The number of carbonyl (C=O) groups is 2. The fourth-order valence-electron chi connectivity index (χ4n) is 2.11. The molecule has 1 aromatic rings. The molecule has 4 nitrogen and oxygen atoms in total. The molecule has 0 heterocycles. The van der Waals surface area contributed by atoms with Crippen molar-refractivity contribution in [3.8, 4) is 0 Å². The van der Waals surface area contributed by atoms with E-state index in [9.17, 15) is 14.0 Å². The Morgan fingerprint density at radius 2 is 2.10 bits per heavy atom. The van der Waals surface area contributed by atoms with Crippen LogP contribution in [0.1, 0.15) is 35.7 Å². The molecule has 2 rings (SSSR count). The minimum atomic E-state index is -0.951. The minimum absolute atomic E-state index is 0.0227. The van der Waals surface area contributed by atoms with Crippen molar-refractivity contribution in [2.24, 2.45) is 5.92 Å². The lowest BCUT2D eigenvalue weighted by Crippen LogP contribution is -2.39. The fraction of sp³-hybridized carbons (Fsp3) is 0.467. The largest absolute Gasteiger partial charge is 0.481 e. The molecular formula is C15H18FNO3. The van der Waals surface area contributed by atoms with Crippen LogP contribution in [0, 0.1) is 18.7 Å². The molecule has 0 radical (unpaired) electrons. The van der Waals surface area contributed by atoms with Crippen molar-refractivity contribution in [3.05, 3.63) is 35.1 Å². The van der Waals surface area contributed by atoms with E-state index in [0.717, 1.165) is 18.4 Å². The van der Waals surface area contributed by atoms with Gasteiger partial charge in [-0.05, 0) is 31.9 Å². The smallest absolute Gasteiger partial charge is 0.308 e. The van der Waals surface area contributed by atoms with Crippen molar-refractivity contribution in [1.29, 1.82) is 0 Å². The summed E-state index contributed by atoms with van der Waals surface area (Å²) in [6, 6.07) is 4.43. The maximum atomic E-state index is 13.8. The van der Waals surface area contributed by atoms with E-state index in [4.69, 9.17) is 5.11 Å². The number of nitrogens with zero attached hydrogens (tertiary/aromatic N) is 1. The average molecular weight is 279 g/mol. The first-order valence-electron chi connectivity index (χ1n) is 6.70. The van der Waals surface area contributed by atoms with Gasteiger partial charge in [-0.1, -0.05) is 18.6 Å². The van der Waals surface area contributed by atoms with Crippen LogP contribution in [0.15, 0.2) is 18.2 Å². The molecule has 1 aliphatic carbocycles. The molecule has 1 amide bonds. The van der Waals surface area contributed by atoms with Gasteiger partial charge in [0.2, 0.25) is 0 Å². The van der Waals surface area contributed by atoms with E-state index in [2.05, 4.69) is 0 Å². The van der Waals surface area contributed by atoms with E-state index in [1.54, 1.807) is 19.9 Å². The number of rotatable bonds is 5. The number of aliphatic carboxylic acids is 1. The summed E-state index contributed by atoms with van der Waals surface area (Å²) in [5, 5.41) is 8.97. The SMILES string of the molecule is Cc1ccc(F)c(C(=O)N(C[C@H](C)C(=O)O)C2CC2)c1. The van der Waals surface area contributed by atoms with Gasteiger partial charge in [0.1, 0.15) is 5.82 Å². The molecule has 0 aliphatic heterocycles. The highest BCUT2D eigenvalue weighted by Crippen LogP contribution is 2.29. The number of benzene rings is 1. The van der Waals surface area contributed by atoms with Gasteiger partial charge in [-0.15, -0.1) is 0 Å². The minimum Gasteiger partial charge on any atom is -0.481 e. The van der Waals surface area contributed by atoms with E-state index in [0.29, 0.717) is 0 Å². The molecule has 0 unspecified atom stereocenters. The molecule has 0 bridgehead atoms. The first-order chi connectivity index (χ1) is 9.40. The Morgan fingerprint density at radius 3 is 2.65 bits per heavy atom. The summed E-state index contributed by atoms with van der Waals surface area (Å²) >= 11 is 0. The molecule has 1 aliphatic rings. The zero-order chi connectivity index (χ0) is 14.9. The number of hydrogen-bond acceptors (Lipinski definition) is 2. The first-order valence-corrected chi connectivity index (χ1v) is 6.70. The first kappa shape index (κ1) is 14.5. The van der Waals surface area contributed by atoms with Crippen LogP contribution in [0.4, 0.5) is 4.39 Å². The van der Waals surface area contributed by atoms with Crippen LogP contribution < -0.4 is 0 Å².